The normalized spacial score (nSPS) is 16.7. The van der Waals surface area contributed by atoms with Crippen LogP contribution in [0, 0.1) is 0 Å². The summed E-state index contributed by atoms with van der Waals surface area (Å²) in [5, 5.41) is 0. The number of hydrogen-bond acceptors (Lipinski definition) is 4. The molecule has 0 aromatic rings. The molecule has 0 saturated carbocycles. The Bertz CT molecular complexity index is 29.3. The summed E-state index contributed by atoms with van der Waals surface area (Å²) in [6.07, 6.45) is 2.31. The second kappa shape index (κ2) is 10.7. The highest BCUT2D eigenvalue weighted by Gasteiger charge is 1.95. The monoisotopic (exact) mass is 138 g/mol. The van der Waals surface area contributed by atoms with E-state index in [2.05, 4.69) is 21.5 Å². The second-order valence-corrected chi connectivity index (χ2v) is 1.35. The fraction of sp³-hybridized carbons (Fsp3) is 1.00. The smallest absolute Gasteiger partial charge is 0.0823 e. The van der Waals surface area contributed by atoms with Gasteiger partial charge in [-0.25, -0.2) is 9.78 Å². The number of rotatable bonds is 0. The molecule has 0 aromatic heterocycles. The maximum absolute atomic E-state index is 4.57. The van der Waals surface area contributed by atoms with Crippen LogP contribution in [0.3, 0.4) is 0 Å². The van der Waals surface area contributed by atoms with E-state index in [9.17, 15) is 0 Å². The van der Waals surface area contributed by atoms with Crippen LogP contribution in [-0.2, 0) is 9.78 Å². The van der Waals surface area contributed by atoms with Crippen molar-refractivity contribution in [2.24, 2.45) is 11.7 Å². The quantitative estimate of drug-likeness (QED) is 0.247. The van der Waals surface area contributed by atoms with E-state index >= 15 is 0 Å². The van der Waals surface area contributed by atoms with Gasteiger partial charge in [-0.15, -0.1) is 0 Å². The summed E-state index contributed by atoms with van der Waals surface area (Å²) in [6, 6.07) is 0. The maximum Gasteiger partial charge on any atom is 0.0823 e. The van der Waals surface area contributed by atoms with E-state index in [1.165, 1.54) is 0 Å². The zero-order valence-corrected chi connectivity index (χ0v) is 5.30. The van der Waals surface area contributed by atoms with Gasteiger partial charge >= 0.3 is 0 Å². The lowest BCUT2D eigenvalue weighted by Crippen LogP contribution is -2.05. The third kappa shape index (κ3) is 7.80. The number of nitrogens with two attached hydrogens (primary N) is 2. The first-order valence-corrected chi connectivity index (χ1v) is 2.58. The lowest BCUT2D eigenvalue weighted by Gasteiger charge is -2.07. The van der Waals surface area contributed by atoms with E-state index in [0.29, 0.717) is 0 Å². The van der Waals surface area contributed by atoms with Crippen molar-refractivity contribution >= 4 is 0 Å². The van der Waals surface area contributed by atoms with Gasteiger partial charge in [0.25, 0.3) is 0 Å². The van der Waals surface area contributed by atoms with E-state index in [0.717, 1.165) is 26.1 Å². The highest BCUT2D eigenvalue weighted by Crippen LogP contribution is 1.97. The van der Waals surface area contributed by atoms with Crippen LogP contribution in [0.25, 0.3) is 0 Å². The minimum Gasteiger partial charge on any atom is -0.412 e. The Morgan fingerprint density at radius 1 is 0.889 bits per heavy atom. The SMILES string of the molecule is C1CCOOC1.NN.O. The Labute approximate surface area is 54.1 Å². The van der Waals surface area contributed by atoms with Crippen molar-refractivity contribution in [2.45, 2.75) is 12.8 Å². The molecule has 1 fully saturated rings. The molecule has 5 nitrogen and oxygen atoms in total. The summed E-state index contributed by atoms with van der Waals surface area (Å²) in [4.78, 5) is 9.14. The Balaban J connectivity index is 0. The molecule has 1 aliphatic heterocycles. The number of hydrogen-bond donors (Lipinski definition) is 2. The maximum atomic E-state index is 4.57. The molecular weight excluding hydrogens is 124 g/mol. The van der Waals surface area contributed by atoms with Crippen LogP contribution in [0.5, 0.6) is 0 Å². The van der Waals surface area contributed by atoms with Crippen LogP contribution >= 0.6 is 0 Å². The molecule has 0 amide bonds. The lowest BCUT2D eigenvalue weighted by atomic mass is 10.3. The minimum absolute atomic E-state index is 0. The van der Waals surface area contributed by atoms with Crippen LogP contribution < -0.4 is 11.7 Å². The predicted molar refractivity (Wildman–Crippen MR) is 33.1 cm³/mol. The third-order valence-electron chi connectivity index (χ3n) is 0.789. The van der Waals surface area contributed by atoms with E-state index in [4.69, 9.17) is 0 Å². The molecule has 0 atom stereocenters. The second-order valence-electron chi connectivity index (χ2n) is 1.35. The molecule has 1 saturated heterocycles. The average Bonchev–Trinajstić information content (AvgIpc) is 1.96. The predicted octanol–water partition coefficient (Wildman–Crippen LogP) is -1.28. The largest absolute Gasteiger partial charge is 0.412 e. The first kappa shape index (κ1) is 11.6. The molecule has 0 unspecified atom stereocenters. The highest BCUT2D eigenvalue weighted by molar-refractivity contribution is 4.36. The highest BCUT2D eigenvalue weighted by atomic mass is 17.2. The van der Waals surface area contributed by atoms with Gasteiger partial charge in [0.1, 0.15) is 0 Å². The van der Waals surface area contributed by atoms with Gasteiger partial charge in [0.05, 0.1) is 13.2 Å². The zero-order valence-electron chi connectivity index (χ0n) is 5.30. The molecule has 58 valence electrons. The molecule has 1 rings (SSSR count). The summed E-state index contributed by atoms with van der Waals surface area (Å²) in [5.74, 6) is 8.00. The molecule has 0 radical (unpaired) electrons. The zero-order chi connectivity index (χ0) is 6.24. The Morgan fingerprint density at radius 2 is 1.22 bits per heavy atom. The van der Waals surface area contributed by atoms with Gasteiger partial charge in [0, 0.05) is 0 Å². The fourth-order valence-corrected chi connectivity index (χ4v) is 0.440. The van der Waals surface area contributed by atoms with Crippen LogP contribution in [0.2, 0.25) is 0 Å². The van der Waals surface area contributed by atoms with E-state index in [-0.39, 0.29) is 5.48 Å². The van der Waals surface area contributed by atoms with Gasteiger partial charge in [0.15, 0.2) is 0 Å². The van der Waals surface area contributed by atoms with Gasteiger partial charge in [-0.2, -0.15) is 0 Å². The molecule has 0 bridgehead atoms. The fourth-order valence-electron chi connectivity index (χ4n) is 0.440. The van der Waals surface area contributed by atoms with Crippen LogP contribution in [0.4, 0.5) is 0 Å². The van der Waals surface area contributed by atoms with Gasteiger partial charge in [0.2, 0.25) is 0 Å². The van der Waals surface area contributed by atoms with Crippen LogP contribution in [0.15, 0.2) is 0 Å². The lowest BCUT2D eigenvalue weighted by molar-refractivity contribution is -0.312. The summed E-state index contributed by atoms with van der Waals surface area (Å²) in [5.41, 5.74) is 0. The van der Waals surface area contributed by atoms with Crippen molar-refractivity contribution in [3.8, 4) is 0 Å². The Hall–Kier alpha value is -0.200. The molecule has 0 spiro atoms. The van der Waals surface area contributed by atoms with Crippen molar-refractivity contribution < 1.29 is 15.3 Å². The van der Waals surface area contributed by atoms with Gasteiger partial charge < -0.3 is 5.48 Å². The van der Waals surface area contributed by atoms with Gasteiger partial charge in [-0.1, -0.05) is 0 Å². The molecule has 0 aliphatic carbocycles. The average molecular weight is 138 g/mol. The van der Waals surface area contributed by atoms with E-state index in [1.807, 2.05) is 0 Å². The molecule has 1 heterocycles. The van der Waals surface area contributed by atoms with Crippen LogP contribution in [0.1, 0.15) is 12.8 Å². The van der Waals surface area contributed by atoms with Crippen molar-refractivity contribution in [3.05, 3.63) is 0 Å². The summed E-state index contributed by atoms with van der Waals surface area (Å²) >= 11 is 0. The van der Waals surface area contributed by atoms with E-state index in [1.54, 1.807) is 0 Å². The van der Waals surface area contributed by atoms with Crippen molar-refractivity contribution in [1.82, 2.24) is 0 Å². The molecule has 9 heavy (non-hydrogen) atoms. The third-order valence-corrected chi connectivity index (χ3v) is 0.789. The minimum atomic E-state index is 0. The summed E-state index contributed by atoms with van der Waals surface area (Å²) in [6.45, 7) is 1.56. The van der Waals surface area contributed by atoms with Gasteiger partial charge in [-0.05, 0) is 12.8 Å². The topological polar surface area (TPSA) is 102 Å². The first-order valence-electron chi connectivity index (χ1n) is 2.58. The molecule has 1 aliphatic rings. The van der Waals surface area contributed by atoms with Crippen molar-refractivity contribution in [3.63, 3.8) is 0 Å². The standard InChI is InChI=1S/C4H8O2.H4N2.H2O/c1-2-4-6-5-3-1;1-2;/h1-4H2;1-2H2;1H2. The molecule has 0 aromatic carbocycles. The number of hydrazine groups is 1. The summed E-state index contributed by atoms with van der Waals surface area (Å²) < 4.78 is 0. The van der Waals surface area contributed by atoms with Gasteiger partial charge in [-0.3, -0.25) is 11.7 Å². The first-order chi connectivity index (χ1) is 4.00. The summed E-state index contributed by atoms with van der Waals surface area (Å²) in [7, 11) is 0. The molecular formula is C4H14N2O3. The van der Waals surface area contributed by atoms with E-state index < -0.39 is 0 Å². The van der Waals surface area contributed by atoms with Crippen molar-refractivity contribution in [2.75, 3.05) is 13.2 Å². The molecule has 5 heteroatoms. The van der Waals surface area contributed by atoms with Crippen LogP contribution in [-0.4, -0.2) is 18.7 Å². The van der Waals surface area contributed by atoms with Crippen molar-refractivity contribution in [1.29, 1.82) is 0 Å². The Morgan fingerprint density at radius 3 is 1.33 bits per heavy atom. The molecule has 6 N–H and O–H groups in total. The Kier molecular flexibility index (Phi) is 13.8.